The number of nitrogens with zero attached hydrogens (tertiary/aromatic N) is 1. The van der Waals surface area contributed by atoms with Crippen molar-refractivity contribution in [3.05, 3.63) is 17.8 Å². The molecule has 1 heterocycles. The lowest BCUT2D eigenvalue weighted by molar-refractivity contribution is -0.128. The molecule has 0 aromatic carbocycles. The molecule has 5 heteroatoms. The van der Waals surface area contributed by atoms with E-state index in [4.69, 9.17) is 5.73 Å². The molecule has 0 saturated carbocycles. The highest BCUT2D eigenvalue weighted by molar-refractivity contribution is 5.81. The van der Waals surface area contributed by atoms with Gasteiger partial charge in [-0.2, -0.15) is 0 Å². The Kier molecular flexibility index (Phi) is 5.80. The number of unbranched alkanes of at least 4 members (excludes halogenated alkanes) is 1. The van der Waals surface area contributed by atoms with Gasteiger partial charge in [-0.25, -0.2) is 4.98 Å². The third-order valence-corrected chi connectivity index (χ3v) is 3.07. The second-order valence-corrected chi connectivity index (χ2v) is 6.03. The molecule has 20 heavy (non-hydrogen) atoms. The molecule has 0 saturated heterocycles. The number of anilines is 2. The molecule has 1 amide bonds. The molecule has 4 N–H and O–H groups in total. The summed E-state index contributed by atoms with van der Waals surface area (Å²) in [6.45, 7) is 9.20. The lowest BCUT2D eigenvalue weighted by atomic mass is 9.96. The number of amides is 1. The van der Waals surface area contributed by atoms with Crippen LogP contribution in [0, 0.1) is 12.3 Å². The number of carbonyl (C=O) groups excluding carboxylic acids is 1. The zero-order valence-corrected chi connectivity index (χ0v) is 12.9. The monoisotopic (exact) mass is 278 g/mol. The smallest absolute Gasteiger partial charge is 0.225 e. The summed E-state index contributed by atoms with van der Waals surface area (Å²) in [4.78, 5) is 15.9. The second kappa shape index (κ2) is 7.12. The number of nitrogens with one attached hydrogen (secondary N) is 2. The van der Waals surface area contributed by atoms with E-state index < -0.39 is 0 Å². The van der Waals surface area contributed by atoms with E-state index >= 15 is 0 Å². The van der Waals surface area contributed by atoms with Crippen molar-refractivity contribution in [3.63, 3.8) is 0 Å². The van der Waals surface area contributed by atoms with E-state index in [0.717, 1.165) is 30.8 Å². The van der Waals surface area contributed by atoms with Gasteiger partial charge in [-0.05, 0) is 31.4 Å². The van der Waals surface area contributed by atoms with Crippen LogP contribution in [0.3, 0.4) is 0 Å². The fourth-order valence-electron chi connectivity index (χ4n) is 1.63. The molecule has 0 atom stereocenters. The molecule has 112 valence electrons. The maximum Gasteiger partial charge on any atom is 0.225 e. The number of hydrogen-bond acceptors (Lipinski definition) is 4. The normalized spacial score (nSPS) is 11.2. The molecule has 0 bridgehead atoms. The predicted molar refractivity (Wildman–Crippen MR) is 83.6 cm³/mol. The number of aromatic nitrogens is 1. The Hall–Kier alpha value is -1.78. The molecule has 1 aromatic rings. The van der Waals surface area contributed by atoms with Crippen molar-refractivity contribution in [1.29, 1.82) is 0 Å². The summed E-state index contributed by atoms with van der Waals surface area (Å²) in [7, 11) is 0. The van der Waals surface area contributed by atoms with Gasteiger partial charge in [-0.3, -0.25) is 4.79 Å². The van der Waals surface area contributed by atoms with Crippen molar-refractivity contribution < 1.29 is 4.79 Å². The van der Waals surface area contributed by atoms with Crippen LogP contribution >= 0.6 is 0 Å². The molecular formula is C15H26N4O. The van der Waals surface area contributed by atoms with Gasteiger partial charge >= 0.3 is 0 Å². The first-order valence-corrected chi connectivity index (χ1v) is 7.05. The van der Waals surface area contributed by atoms with Crippen LogP contribution in [0.4, 0.5) is 11.5 Å². The summed E-state index contributed by atoms with van der Waals surface area (Å²) in [5, 5.41) is 6.16. The highest BCUT2D eigenvalue weighted by Crippen LogP contribution is 2.18. The van der Waals surface area contributed by atoms with Crippen molar-refractivity contribution >= 4 is 17.4 Å². The summed E-state index contributed by atoms with van der Waals surface area (Å²) < 4.78 is 0. The Balaban J connectivity index is 2.20. The van der Waals surface area contributed by atoms with Crippen LogP contribution in [0.15, 0.2) is 12.3 Å². The summed E-state index contributed by atoms with van der Waals surface area (Å²) in [6.07, 6.45) is 3.64. The molecule has 0 aliphatic carbocycles. The lowest BCUT2D eigenvalue weighted by Gasteiger charge is -2.17. The molecule has 0 aliphatic rings. The van der Waals surface area contributed by atoms with Gasteiger partial charge in [0, 0.05) is 24.7 Å². The highest BCUT2D eigenvalue weighted by atomic mass is 16.2. The van der Waals surface area contributed by atoms with Crippen LogP contribution in [0.25, 0.3) is 0 Å². The zero-order valence-electron chi connectivity index (χ0n) is 12.9. The topological polar surface area (TPSA) is 80.0 Å². The van der Waals surface area contributed by atoms with Crippen molar-refractivity contribution in [2.75, 3.05) is 24.1 Å². The number of pyridine rings is 1. The van der Waals surface area contributed by atoms with E-state index in [1.807, 2.05) is 33.8 Å². The zero-order chi connectivity index (χ0) is 15.2. The van der Waals surface area contributed by atoms with Crippen LogP contribution in [-0.4, -0.2) is 24.0 Å². The molecule has 0 aliphatic heterocycles. The Bertz CT molecular complexity index is 452. The van der Waals surface area contributed by atoms with Gasteiger partial charge in [-0.15, -0.1) is 0 Å². The average Bonchev–Trinajstić information content (AvgIpc) is 2.37. The number of hydrogen-bond donors (Lipinski definition) is 3. The molecule has 0 radical (unpaired) electrons. The number of rotatable bonds is 6. The standard InChI is InChI=1S/C15H26N4O/c1-11-7-10-18-13(12(11)16)17-8-5-6-9-19-14(20)15(2,3)4/h7,10H,5-6,8-9,16H2,1-4H3,(H,17,18)(H,19,20). The Morgan fingerprint density at radius 2 is 1.95 bits per heavy atom. The summed E-state index contributed by atoms with van der Waals surface area (Å²) in [5.74, 6) is 0.832. The lowest BCUT2D eigenvalue weighted by Crippen LogP contribution is -2.35. The minimum Gasteiger partial charge on any atom is -0.396 e. The van der Waals surface area contributed by atoms with Crippen molar-refractivity contribution in [2.45, 2.75) is 40.5 Å². The first-order chi connectivity index (χ1) is 9.32. The van der Waals surface area contributed by atoms with Gasteiger partial charge in [0.2, 0.25) is 5.91 Å². The minimum absolute atomic E-state index is 0.0926. The van der Waals surface area contributed by atoms with Gasteiger partial charge in [-0.1, -0.05) is 20.8 Å². The van der Waals surface area contributed by atoms with Gasteiger partial charge < -0.3 is 16.4 Å². The molecule has 0 unspecified atom stereocenters. The van der Waals surface area contributed by atoms with Gasteiger partial charge in [0.15, 0.2) is 0 Å². The van der Waals surface area contributed by atoms with Gasteiger partial charge in [0.25, 0.3) is 0 Å². The van der Waals surface area contributed by atoms with E-state index in [0.29, 0.717) is 12.2 Å². The van der Waals surface area contributed by atoms with Crippen molar-refractivity contribution in [1.82, 2.24) is 10.3 Å². The molecule has 1 rings (SSSR count). The first kappa shape index (κ1) is 16.3. The molecular weight excluding hydrogens is 252 g/mol. The molecule has 0 fully saturated rings. The summed E-state index contributed by atoms with van der Waals surface area (Å²) in [5.41, 5.74) is 7.34. The van der Waals surface area contributed by atoms with Gasteiger partial charge in [0.1, 0.15) is 5.82 Å². The number of nitrogen functional groups attached to an aromatic ring is 1. The number of nitrogens with two attached hydrogens (primary N) is 1. The number of aryl methyl sites for hydroxylation is 1. The molecule has 5 nitrogen and oxygen atoms in total. The van der Waals surface area contributed by atoms with Crippen molar-refractivity contribution in [3.8, 4) is 0 Å². The Morgan fingerprint density at radius 3 is 2.60 bits per heavy atom. The van der Waals surface area contributed by atoms with E-state index in [-0.39, 0.29) is 11.3 Å². The molecule has 0 spiro atoms. The highest BCUT2D eigenvalue weighted by Gasteiger charge is 2.19. The largest absolute Gasteiger partial charge is 0.396 e. The fourth-order valence-corrected chi connectivity index (χ4v) is 1.63. The maximum absolute atomic E-state index is 11.6. The quantitative estimate of drug-likeness (QED) is 0.698. The van der Waals surface area contributed by atoms with Gasteiger partial charge in [0.05, 0.1) is 5.69 Å². The third-order valence-electron chi connectivity index (χ3n) is 3.07. The minimum atomic E-state index is -0.321. The number of carbonyl (C=O) groups is 1. The van der Waals surface area contributed by atoms with E-state index in [2.05, 4.69) is 15.6 Å². The van der Waals surface area contributed by atoms with E-state index in [1.54, 1.807) is 6.20 Å². The van der Waals surface area contributed by atoms with Crippen LogP contribution in [0.5, 0.6) is 0 Å². The van der Waals surface area contributed by atoms with Crippen molar-refractivity contribution in [2.24, 2.45) is 5.41 Å². The van der Waals surface area contributed by atoms with Crippen LogP contribution in [0.1, 0.15) is 39.2 Å². The Labute approximate surface area is 121 Å². The average molecular weight is 278 g/mol. The van der Waals surface area contributed by atoms with Crippen LogP contribution in [-0.2, 0) is 4.79 Å². The Morgan fingerprint density at radius 1 is 1.30 bits per heavy atom. The van der Waals surface area contributed by atoms with E-state index in [1.165, 1.54) is 0 Å². The first-order valence-electron chi connectivity index (χ1n) is 7.05. The predicted octanol–water partition coefficient (Wildman–Crippen LogP) is 2.33. The fraction of sp³-hybridized carbons (Fsp3) is 0.600. The summed E-state index contributed by atoms with van der Waals surface area (Å²) in [6, 6.07) is 1.89. The van der Waals surface area contributed by atoms with Crippen LogP contribution in [0.2, 0.25) is 0 Å². The van der Waals surface area contributed by atoms with Crippen LogP contribution < -0.4 is 16.4 Å². The maximum atomic E-state index is 11.6. The third kappa shape index (κ3) is 5.07. The molecule has 1 aromatic heterocycles. The second-order valence-electron chi connectivity index (χ2n) is 6.03. The summed E-state index contributed by atoms with van der Waals surface area (Å²) >= 11 is 0. The SMILES string of the molecule is Cc1ccnc(NCCCCNC(=O)C(C)(C)C)c1N. The van der Waals surface area contributed by atoms with E-state index in [9.17, 15) is 4.79 Å².